The molecule has 3 saturated heterocycles. The summed E-state index contributed by atoms with van der Waals surface area (Å²) in [6.07, 6.45) is 1.22. The summed E-state index contributed by atoms with van der Waals surface area (Å²) in [7, 11) is 0. The summed E-state index contributed by atoms with van der Waals surface area (Å²) in [5, 5.41) is 5.76. The van der Waals surface area contributed by atoms with Crippen molar-refractivity contribution in [1.29, 1.82) is 0 Å². The molecular formula is C19H36Cl2N6O2+2. The van der Waals surface area contributed by atoms with Gasteiger partial charge in [0.05, 0.1) is 65.4 Å². The van der Waals surface area contributed by atoms with Crippen LogP contribution in [-0.2, 0) is 0 Å². The summed E-state index contributed by atoms with van der Waals surface area (Å²) >= 11 is 11.3. The molecule has 10 heteroatoms. The van der Waals surface area contributed by atoms with Crippen molar-refractivity contribution >= 4 is 35.3 Å². The van der Waals surface area contributed by atoms with Gasteiger partial charge < -0.3 is 29.4 Å². The van der Waals surface area contributed by atoms with E-state index in [1.54, 1.807) is 0 Å². The Morgan fingerprint density at radius 1 is 0.655 bits per heavy atom. The van der Waals surface area contributed by atoms with E-state index < -0.39 is 0 Å². The van der Waals surface area contributed by atoms with Crippen molar-refractivity contribution in [2.75, 3.05) is 103 Å². The standard InChI is InChI=1S/C19H34Cl2N6O2/c20-2-4-22-18(28)24-6-12-26(13-7-24)10-1-11-27(17-16-26)14-8-25(9-15-27)19(29)23-5-3-21/h1-17H2/p+2. The number of halogens is 2. The largest absolute Gasteiger partial charge is 0.337 e. The Morgan fingerprint density at radius 3 is 1.38 bits per heavy atom. The zero-order valence-corrected chi connectivity index (χ0v) is 18.9. The maximum atomic E-state index is 12.2. The zero-order chi connectivity index (χ0) is 20.7. The van der Waals surface area contributed by atoms with Gasteiger partial charge in [0.25, 0.3) is 0 Å². The van der Waals surface area contributed by atoms with E-state index in [-0.39, 0.29) is 12.1 Å². The van der Waals surface area contributed by atoms with Gasteiger partial charge in [0.15, 0.2) is 0 Å². The van der Waals surface area contributed by atoms with Crippen LogP contribution in [0.1, 0.15) is 6.42 Å². The fraction of sp³-hybridized carbons (Fsp3) is 0.895. The van der Waals surface area contributed by atoms with E-state index in [9.17, 15) is 9.59 Å². The first-order valence-electron chi connectivity index (χ1n) is 10.9. The Labute approximate surface area is 184 Å². The van der Waals surface area contributed by atoms with Gasteiger partial charge in [-0.3, -0.25) is 0 Å². The van der Waals surface area contributed by atoms with E-state index in [2.05, 4.69) is 10.6 Å². The maximum Gasteiger partial charge on any atom is 0.317 e. The lowest BCUT2D eigenvalue weighted by molar-refractivity contribution is -0.966. The third-order valence-corrected chi connectivity index (χ3v) is 7.38. The Hall–Kier alpha value is -0.960. The van der Waals surface area contributed by atoms with Crippen LogP contribution in [0.25, 0.3) is 0 Å². The van der Waals surface area contributed by atoms with Crippen molar-refractivity contribution in [3.8, 4) is 0 Å². The number of nitrogens with one attached hydrogen (secondary N) is 2. The fourth-order valence-electron chi connectivity index (χ4n) is 5.00. The zero-order valence-electron chi connectivity index (χ0n) is 17.4. The number of carbonyl (C=O) groups excluding carboxylic acids is 2. The van der Waals surface area contributed by atoms with Crippen LogP contribution in [0.2, 0.25) is 0 Å². The molecule has 4 amide bonds. The fourth-order valence-corrected chi connectivity index (χ4v) is 5.19. The van der Waals surface area contributed by atoms with Crippen LogP contribution in [0.5, 0.6) is 0 Å². The highest BCUT2D eigenvalue weighted by atomic mass is 35.5. The van der Waals surface area contributed by atoms with Crippen LogP contribution >= 0.6 is 23.2 Å². The van der Waals surface area contributed by atoms with Gasteiger partial charge in [0.1, 0.15) is 13.1 Å². The number of urea groups is 2. The Kier molecular flexibility index (Phi) is 8.13. The quantitative estimate of drug-likeness (QED) is 0.485. The van der Waals surface area contributed by atoms with Crippen LogP contribution in [-0.4, -0.2) is 134 Å². The average molecular weight is 451 g/mol. The summed E-state index contributed by atoms with van der Waals surface area (Å²) in [6, 6.07) is 0.0378. The minimum Gasteiger partial charge on any atom is -0.337 e. The Morgan fingerprint density at radius 2 is 1.03 bits per heavy atom. The van der Waals surface area contributed by atoms with E-state index in [4.69, 9.17) is 23.2 Å². The molecule has 3 heterocycles. The molecule has 0 saturated carbocycles. The number of hydrogen-bond acceptors (Lipinski definition) is 2. The van der Waals surface area contributed by atoms with Crippen molar-refractivity contribution < 1.29 is 18.6 Å². The van der Waals surface area contributed by atoms with Crippen LogP contribution in [0.4, 0.5) is 9.59 Å². The second kappa shape index (κ2) is 10.4. The number of rotatable bonds is 4. The number of carbonyl (C=O) groups is 2. The van der Waals surface area contributed by atoms with E-state index in [1.807, 2.05) is 9.80 Å². The molecule has 0 aromatic heterocycles. The molecule has 0 aromatic carbocycles. The van der Waals surface area contributed by atoms with Gasteiger partial charge in [-0.25, -0.2) is 9.59 Å². The first-order valence-corrected chi connectivity index (χ1v) is 12.0. The molecule has 2 spiro atoms. The van der Waals surface area contributed by atoms with E-state index in [0.29, 0.717) is 24.8 Å². The third-order valence-electron chi connectivity index (χ3n) is 7.01. The van der Waals surface area contributed by atoms with Crippen LogP contribution in [0, 0.1) is 0 Å². The van der Waals surface area contributed by atoms with Gasteiger partial charge in [-0.05, 0) is 0 Å². The van der Waals surface area contributed by atoms with E-state index >= 15 is 0 Å². The molecule has 0 aromatic rings. The Balaban J connectivity index is 1.47. The highest BCUT2D eigenvalue weighted by molar-refractivity contribution is 6.18. The monoisotopic (exact) mass is 450 g/mol. The Bertz CT molecular complexity index is 515. The van der Waals surface area contributed by atoms with Gasteiger partial charge in [0, 0.05) is 31.3 Å². The molecule has 166 valence electrons. The minimum atomic E-state index is 0.0189. The summed E-state index contributed by atoms with van der Waals surface area (Å²) in [4.78, 5) is 28.3. The van der Waals surface area contributed by atoms with Crippen LogP contribution in [0.3, 0.4) is 0 Å². The topological polar surface area (TPSA) is 64.7 Å². The van der Waals surface area contributed by atoms with Crippen molar-refractivity contribution in [3.63, 3.8) is 0 Å². The van der Waals surface area contributed by atoms with Crippen molar-refractivity contribution in [3.05, 3.63) is 0 Å². The minimum absolute atomic E-state index is 0.0189. The summed E-state index contributed by atoms with van der Waals surface area (Å²) in [6.45, 7) is 13.3. The molecule has 3 rings (SSSR count). The predicted octanol–water partition coefficient (Wildman–Crippen LogP) is 0.552. The molecule has 3 aliphatic rings. The summed E-state index contributed by atoms with van der Waals surface area (Å²) in [5.41, 5.74) is 0. The lowest BCUT2D eigenvalue weighted by atomic mass is 10.2. The molecule has 29 heavy (non-hydrogen) atoms. The SMILES string of the molecule is O=C(NCCCl)N1CC[N+]2(CCC[N+]3(CCN(C(=O)NCCCl)CC3)CC2)CC1. The van der Waals surface area contributed by atoms with E-state index in [1.165, 1.54) is 32.6 Å². The number of quaternary nitrogens is 2. The van der Waals surface area contributed by atoms with Gasteiger partial charge >= 0.3 is 12.1 Å². The highest BCUT2D eigenvalue weighted by Gasteiger charge is 2.43. The molecular weight excluding hydrogens is 415 g/mol. The molecule has 0 atom stereocenters. The second-order valence-electron chi connectivity index (χ2n) is 8.64. The number of hydrogen-bond donors (Lipinski definition) is 2. The smallest absolute Gasteiger partial charge is 0.317 e. The van der Waals surface area contributed by atoms with Crippen molar-refractivity contribution in [2.45, 2.75) is 6.42 Å². The summed E-state index contributed by atoms with van der Waals surface area (Å²) < 4.78 is 2.28. The molecule has 2 N–H and O–H groups in total. The van der Waals surface area contributed by atoms with Gasteiger partial charge in [-0.15, -0.1) is 23.2 Å². The molecule has 3 aliphatic heterocycles. The number of nitrogens with zero attached hydrogens (tertiary/aromatic N) is 4. The maximum absolute atomic E-state index is 12.2. The second-order valence-corrected chi connectivity index (χ2v) is 9.40. The van der Waals surface area contributed by atoms with Crippen LogP contribution < -0.4 is 10.6 Å². The predicted molar refractivity (Wildman–Crippen MR) is 115 cm³/mol. The number of amides is 4. The lowest BCUT2D eigenvalue weighted by Crippen LogP contribution is -2.65. The molecule has 3 fully saturated rings. The van der Waals surface area contributed by atoms with Crippen molar-refractivity contribution in [1.82, 2.24) is 20.4 Å². The first-order chi connectivity index (χ1) is 14.0. The van der Waals surface area contributed by atoms with Crippen LogP contribution in [0.15, 0.2) is 0 Å². The normalized spacial score (nSPS) is 23.7. The number of alkyl halides is 2. The average Bonchev–Trinajstić information content (AvgIpc) is 2.91. The molecule has 8 nitrogen and oxygen atoms in total. The van der Waals surface area contributed by atoms with Gasteiger partial charge in [-0.2, -0.15) is 0 Å². The lowest BCUT2D eigenvalue weighted by Gasteiger charge is -2.46. The molecule has 0 bridgehead atoms. The third kappa shape index (κ3) is 5.81. The summed E-state index contributed by atoms with van der Waals surface area (Å²) in [5.74, 6) is 0.900. The highest BCUT2D eigenvalue weighted by Crippen LogP contribution is 2.23. The van der Waals surface area contributed by atoms with Gasteiger partial charge in [-0.1, -0.05) is 0 Å². The molecule has 0 unspecified atom stereocenters. The molecule has 0 aliphatic carbocycles. The molecule has 0 radical (unpaired) electrons. The van der Waals surface area contributed by atoms with Crippen molar-refractivity contribution in [2.24, 2.45) is 0 Å². The first kappa shape index (κ1) is 22.7. The van der Waals surface area contributed by atoms with E-state index in [0.717, 1.165) is 61.3 Å². The number of piperazine rings is 2. The van der Waals surface area contributed by atoms with Gasteiger partial charge in [0.2, 0.25) is 0 Å².